The molecule has 1 aromatic carbocycles. The number of benzene rings is 1. The molecule has 240 valence electrons. The van der Waals surface area contributed by atoms with E-state index >= 15 is 0 Å². The maximum Gasteiger partial charge on any atom is 0.303 e. The van der Waals surface area contributed by atoms with E-state index in [-0.39, 0.29) is 30.5 Å². The molecular weight excluding hydrogens is 564 g/mol. The topological polar surface area (TPSA) is 109 Å². The lowest BCUT2D eigenvalue weighted by Gasteiger charge is -2.47. The molecule has 0 radical (unpaired) electrons. The van der Waals surface area contributed by atoms with Crippen LogP contribution in [-0.2, 0) is 53.7 Å². The van der Waals surface area contributed by atoms with Gasteiger partial charge in [-0.05, 0) is 35.8 Å². The monoisotopic (exact) mass is 614 g/mol. The van der Waals surface area contributed by atoms with Gasteiger partial charge in [-0.25, -0.2) is 0 Å². The van der Waals surface area contributed by atoms with E-state index in [9.17, 15) is 4.79 Å². The molecule has 12 heteroatoms. The standard InChI is InChI=1S/C30H50O11Si/c1-19(31)38-27-26(34-7)24(17-32-5)39-29(35-8)28(27)40-25-15-22(41-42(9,10)30(2,3)4)23(18-37-25)36-16-20-11-13-21(33-6)14-12-20/h11-14,22-29H,15-18H2,1-10H3/t22-,23-,24-,25-,26-,27+,28-,29+/m1/s1. The second-order valence-electron chi connectivity index (χ2n) is 12.2. The van der Waals surface area contributed by atoms with Crippen molar-refractivity contribution in [1.29, 1.82) is 0 Å². The van der Waals surface area contributed by atoms with Crippen LogP contribution in [0.25, 0.3) is 0 Å². The van der Waals surface area contributed by atoms with Crippen molar-refractivity contribution in [2.24, 2.45) is 0 Å². The summed E-state index contributed by atoms with van der Waals surface area (Å²) in [7, 11) is 4.06. The summed E-state index contributed by atoms with van der Waals surface area (Å²) in [6, 6.07) is 7.77. The maximum atomic E-state index is 12.1. The van der Waals surface area contributed by atoms with Crippen molar-refractivity contribution in [3.63, 3.8) is 0 Å². The summed E-state index contributed by atoms with van der Waals surface area (Å²) in [5.74, 6) is 0.315. The molecule has 2 fully saturated rings. The average Bonchev–Trinajstić information content (AvgIpc) is 2.93. The Morgan fingerprint density at radius 3 is 2.21 bits per heavy atom. The first-order chi connectivity index (χ1) is 19.8. The molecule has 0 bridgehead atoms. The van der Waals surface area contributed by atoms with Crippen molar-refractivity contribution < 1.29 is 51.9 Å². The highest BCUT2D eigenvalue weighted by Gasteiger charge is 2.51. The number of ether oxygens (including phenoxy) is 9. The zero-order chi connectivity index (χ0) is 31.1. The second-order valence-corrected chi connectivity index (χ2v) is 17.0. The van der Waals surface area contributed by atoms with Crippen molar-refractivity contribution in [3.05, 3.63) is 29.8 Å². The minimum atomic E-state index is -2.19. The zero-order valence-corrected chi connectivity index (χ0v) is 27.7. The predicted molar refractivity (Wildman–Crippen MR) is 157 cm³/mol. The summed E-state index contributed by atoms with van der Waals surface area (Å²) in [5.41, 5.74) is 1.02. The van der Waals surface area contributed by atoms with E-state index in [1.54, 1.807) is 14.2 Å². The molecule has 0 saturated carbocycles. The van der Waals surface area contributed by atoms with E-state index in [2.05, 4.69) is 33.9 Å². The number of carbonyl (C=O) groups excluding carboxylic acids is 1. The van der Waals surface area contributed by atoms with Crippen LogP contribution < -0.4 is 4.74 Å². The van der Waals surface area contributed by atoms with Crippen LogP contribution in [0.4, 0.5) is 0 Å². The molecule has 0 amide bonds. The Morgan fingerprint density at radius 1 is 0.976 bits per heavy atom. The lowest BCUT2D eigenvalue weighted by molar-refractivity contribution is -0.342. The Bertz CT molecular complexity index is 967. The van der Waals surface area contributed by atoms with Gasteiger partial charge in [-0.15, -0.1) is 0 Å². The molecule has 2 aliphatic rings. The van der Waals surface area contributed by atoms with Gasteiger partial charge in [0.2, 0.25) is 0 Å². The van der Waals surface area contributed by atoms with Crippen LogP contribution in [0.3, 0.4) is 0 Å². The molecule has 1 aromatic rings. The third-order valence-electron chi connectivity index (χ3n) is 8.20. The Hall–Kier alpha value is -1.61. The van der Waals surface area contributed by atoms with Crippen molar-refractivity contribution in [2.75, 3.05) is 41.7 Å². The number of methoxy groups -OCH3 is 4. The van der Waals surface area contributed by atoms with E-state index < -0.39 is 51.3 Å². The average molecular weight is 615 g/mol. The lowest BCUT2D eigenvalue weighted by Crippen LogP contribution is -2.63. The molecule has 0 aliphatic carbocycles. The molecule has 2 aliphatic heterocycles. The Labute approximate surface area is 251 Å². The van der Waals surface area contributed by atoms with Crippen LogP contribution in [-0.4, -0.2) is 105 Å². The van der Waals surface area contributed by atoms with E-state index in [4.69, 9.17) is 47.1 Å². The third-order valence-corrected chi connectivity index (χ3v) is 12.7. The normalized spacial score (nSPS) is 30.6. The minimum absolute atomic E-state index is 0.0109. The fourth-order valence-corrected chi connectivity index (χ4v) is 6.23. The molecule has 0 N–H and O–H groups in total. The SMILES string of the molecule is COC[C@H]1O[C@H](OC)[C@H](O[C@@H]2C[C@@H](O[Si](C)(C)C(C)(C)C)[C@H](OCc3ccc(OC)cc3)CO2)[C@@H](OC(C)=O)[C@@H]1OC. The van der Waals surface area contributed by atoms with E-state index in [1.807, 2.05) is 24.3 Å². The number of carbonyl (C=O) groups is 1. The summed E-state index contributed by atoms with van der Waals surface area (Å²) >= 11 is 0. The van der Waals surface area contributed by atoms with Gasteiger partial charge in [0.1, 0.15) is 24.1 Å². The van der Waals surface area contributed by atoms with Gasteiger partial charge >= 0.3 is 5.97 Å². The van der Waals surface area contributed by atoms with E-state index in [1.165, 1.54) is 21.1 Å². The van der Waals surface area contributed by atoms with Gasteiger partial charge < -0.3 is 47.1 Å². The summed E-state index contributed by atoms with van der Waals surface area (Å²) in [6.07, 6.45) is -4.58. The number of hydrogen-bond acceptors (Lipinski definition) is 11. The van der Waals surface area contributed by atoms with E-state index in [0.29, 0.717) is 13.0 Å². The molecule has 3 rings (SSSR count). The van der Waals surface area contributed by atoms with Gasteiger partial charge in [0.05, 0.1) is 33.0 Å². The van der Waals surface area contributed by atoms with Crippen molar-refractivity contribution >= 4 is 14.3 Å². The molecule has 2 heterocycles. The largest absolute Gasteiger partial charge is 0.497 e. The molecule has 0 spiro atoms. The molecule has 42 heavy (non-hydrogen) atoms. The Kier molecular flexibility index (Phi) is 12.8. The first-order valence-corrected chi connectivity index (χ1v) is 17.3. The quantitative estimate of drug-likeness (QED) is 0.237. The molecule has 8 atom stereocenters. The third kappa shape index (κ3) is 8.96. The van der Waals surface area contributed by atoms with Crippen molar-refractivity contribution in [3.8, 4) is 5.75 Å². The molecule has 0 unspecified atom stereocenters. The number of esters is 1. The molecule has 2 saturated heterocycles. The van der Waals surface area contributed by atoms with Gasteiger partial charge in [0.25, 0.3) is 0 Å². The smallest absolute Gasteiger partial charge is 0.303 e. The molecular formula is C30H50O11Si. The van der Waals surface area contributed by atoms with Crippen LogP contribution in [0.5, 0.6) is 5.75 Å². The highest BCUT2D eigenvalue weighted by molar-refractivity contribution is 6.74. The zero-order valence-electron chi connectivity index (χ0n) is 26.7. The highest BCUT2D eigenvalue weighted by atomic mass is 28.4. The summed E-state index contributed by atoms with van der Waals surface area (Å²) < 4.78 is 59.7. The maximum absolute atomic E-state index is 12.1. The van der Waals surface area contributed by atoms with Crippen molar-refractivity contribution in [1.82, 2.24) is 0 Å². The summed E-state index contributed by atoms with van der Waals surface area (Å²) in [4.78, 5) is 12.1. The highest BCUT2D eigenvalue weighted by Crippen LogP contribution is 2.40. The van der Waals surface area contributed by atoms with Gasteiger partial charge in [-0.3, -0.25) is 4.79 Å². The van der Waals surface area contributed by atoms with Gasteiger partial charge in [0.15, 0.2) is 33.1 Å². The van der Waals surface area contributed by atoms with Crippen LogP contribution in [0.1, 0.15) is 39.7 Å². The van der Waals surface area contributed by atoms with Crippen molar-refractivity contribution in [2.45, 2.75) is 108 Å². The first kappa shape index (κ1) is 34.9. The minimum Gasteiger partial charge on any atom is -0.497 e. The van der Waals surface area contributed by atoms with Crippen LogP contribution in [0, 0.1) is 0 Å². The lowest BCUT2D eigenvalue weighted by atomic mass is 9.98. The van der Waals surface area contributed by atoms with Gasteiger partial charge in [-0.2, -0.15) is 0 Å². The summed E-state index contributed by atoms with van der Waals surface area (Å²) in [6.45, 7) is 13.2. The Morgan fingerprint density at radius 2 is 1.67 bits per heavy atom. The van der Waals surface area contributed by atoms with Gasteiger partial charge in [-0.1, -0.05) is 32.9 Å². The summed E-state index contributed by atoms with van der Waals surface area (Å²) in [5, 5.41) is -0.0109. The van der Waals surface area contributed by atoms with Crippen LogP contribution in [0.15, 0.2) is 24.3 Å². The Balaban J connectivity index is 1.80. The number of rotatable bonds is 13. The first-order valence-electron chi connectivity index (χ1n) is 14.4. The fourth-order valence-electron chi connectivity index (χ4n) is 4.87. The van der Waals surface area contributed by atoms with Crippen LogP contribution >= 0.6 is 0 Å². The van der Waals surface area contributed by atoms with E-state index in [0.717, 1.165) is 11.3 Å². The number of hydrogen-bond donors (Lipinski definition) is 0. The van der Waals surface area contributed by atoms with Crippen LogP contribution in [0.2, 0.25) is 18.1 Å². The van der Waals surface area contributed by atoms with Gasteiger partial charge in [0, 0.05) is 34.7 Å². The fraction of sp³-hybridized carbons (Fsp3) is 0.767. The molecule has 0 aromatic heterocycles. The molecule has 11 nitrogen and oxygen atoms in total. The predicted octanol–water partition coefficient (Wildman–Crippen LogP) is 4.07. The second kappa shape index (κ2) is 15.4.